The first-order valence-corrected chi connectivity index (χ1v) is 25.0. The molecule has 2 heterocycles. The third-order valence-corrected chi connectivity index (χ3v) is 13.4. The molecule has 22 heteroatoms. The molecule has 2 aliphatic rings. The maximum Gasteiger partial charge on any atom is 0.410 e. The monoisotopic (exact) mass is 1080 g/mol. The summed E-state index contributed by atoms with van der Waals surface area (Å²) in [5.74, 6) is -5.49. The number of aromatic nitrogens is 2. The molecule has 1 saturated heterocycles. The lowest BCUT2D eigenvalue weighted by atomic mass is 9.82. The number of rotatable bonds is 21. The van der Waals surface area contributed by atoms with Crippen molar-refractivity contribution in [2.75, 3.05) is 26.8 Å². The molecule has 4 aromatic rings. The molecule has 1 aliphatic carbocycles. The number of carboxylic acids is 1. The zero-order valence-electron chi connectivity index (χ0n) is 42.1. The highest BCUT2D eigenvalue weighted by Crippen LogP contribution is 2.35. The van der Waals surface area contributed by atoms with Crippen LogP contribution in [0.25, 0.3) is 11.3 Å². The lowest BCUT2D eigenvalue weighted by molar-refractivity contribution is -0.164. The Hall–Kier alpha value is -5.96. The third kappa shape index (κ3) is 15.8. The zero-order valence-corrected chi connectivity index (χ0v) is 43.6. The quantitative estimate of drug-likeness (QED) is 0.0582. The summed E-state index contributed by atoms with van der Waals surface area (Å²) in [5, 5.41) is 18.5. The molecule has 4 N–H and O–H groups in total. The van der Waals surface area contributed by atoms with Crippen LogP contribution < -0.4 is 20.7 Å². The highest BCUT2D eigenvalue weighted by Gasteiger charge is 2.44. The minimum atomic E-state index is -4.81. The van der Waals surface area contributed by atoms with Crippen LogP contribution in [0.3, 0.4) is 0 Å². The Morgan fingerprint density at radius 2 is 1.66 bits per heavy atom. The van der Waals surface area contributed by atoms with Gasteiger partial charge in [0.1, 0.15) is 34.8 Å². The van der Waals surface area contributed by atoms with E-state index in [1.807, 2.05) is 44.5 Å². The van der Waals surface area contributed by atoms with Crippen molar-refractivity contribution < 1.29 is 60.9 Å². The van der Waals surface area contributed by atoms with Crippen molar-refractivity contribution in [1.29, 1.82) is 0 Å². The summed E-state index contributed by atoms with van der Waals surface area (Å²) in [6.07, 6.45) is -2.72. The largest absolute Gasteiger partial charge is 0.481 e. The van der Waals surface area contributed by atoms with Crippen LogP contribution >= 0.6 is 23.2 Å². The fourth-order valence-electron chi connectivity index (χ4n) is 8.98. The summed E-state index contributed by atoms with van der Waals surface area (Å²) in [7, 11) is 3.18. The van der Waals surface area contributed by atoms with E-state index in [0.29, 0.717) is 22.2 Å². The van der Waals surface area contributed by atoms with Crippen LogP contribution in [0.4, 0.5) is 22.4 Å². The first kappa shape index (κ1) is 57.3. The van der Waals surface area contributed by atoms with E-state index in [0.717, 1.165) is 41.5 Å². The highest BCUT2D eigenvalue weighted by molar-refractivity contribution is 6.31. The number of imidazole rings is 1. The lowest BCUT2D eigenvalue weighted by Crippen LogP contribution is -2.65. The van der Waals surface area contributed by atoms with Gasteiger partial charge in [-0.2, -0.15) is 13.2 Å². The number of piperidine rings is 1. The second-order valence-corrected chi connectivity index (χ2v) is 20.8. The molecule has 6 rings (SSSR count). The molecule has 16 nitrogen and oxygen atoms in total. The van der Waals surface area contributed by atoms with Gasteiger partial charge in [0.05, 0.1) is 55.4 Å². The fraction of sp³-hybridized carbons (Fsp3) is 0.500. The Bertz CT molecular complexity index is 2630. The lowest BCUT2D eigenvalue weighted by Gasteiger charge is -2.45. The van der Waals surface area contributed by atoms with Crippen molar-refractivity contribution in [3.63, 3.8) is 0 Å². The summed E-state index contributed by atoms with van der Waals surface area (Å²) in [6, 6.07) is 13.9. The number of benzene rings is 3. The summed E-state index contributed by atoms with van der Waals surface area (Å²) in [6.45, 7) is 6.49. The Kier molecular flexibility index (Phi) is 19.0. The topological polar surface area (TPSA) is 194 Å². The molecule has 3 aromatic carbocycles. The van der Waals surface area contributed by atoms with Crippen LogP contribution in [0.1, 0.15) is 89.6 Å². The smallest absolute Gasteiger partial charge is 0.410 e. The van der Waals surface area contributed by atoms with Gasteiger partial charge in [-0.25, -0.2) is 14.2 Å². The number of carbonyl (C=O) groups excluding carboxylic acids is 4. The molecule has 0 spiro atoms. The minimum Gasteiger partial charge on any atom is -0.481 e. The van der Waals surface area contributed by atoms with Gasteiger partial charge in [-0.05, 0) is 120 Å². The summed E-state index contributed by atoms with van der Waals surface area (Å²) in [4.78, 5) is 73.8. The molecule has 2 fully saturated rings. The number of carbonyl (C=O) groups is 5. The molecule has 0 bridgehead atoms. The van der Waals surface area contributed by atoms with Crippen LogP contribution in [0, 0.1) is 11.7 Å². The van der Waals surface area contributed by atoms with E-state index >= 15 is 4.39 Å². The highest BCUT2D eigenvalue weighted by atomic mass is 35.5. The number of hydrogen-bond donors (Lipinski definition) is 4. The van der Waals surface area contributed by atoms with E-state index in [9.17, 15) is 42.3 Å². The number of nitrogens with zero attached hydrogens (tertiary/aromatic N) is 4. The average Bonchev–Trinajstić information content (AvgIpc) is 3.65. The number of aliphatic carboxylic acids is 1. The Morgan fingerprint density at radius 1 is 0.973 bits per heavy atom. The molecular weight excluding hydrogens is 1010 g/mol. The number of ether oxygens (including phenoxy) is 3. The van der Waals surface area contributed by atoms with Crippen LogP contribution in [-0.4, -0.2) is 116 Å². The van der Waals surface area contributed by atoms with Crippen LogP contribution in [0.15, 0.2) is 66.9 Å². The van der Waals surface area contributed by atoms with E-state index in [2.05, 4.69) is 20.9 Å². The standard InChI is InChI=1S/C52H63Cl2F4N7O9/c1-31(46(68)61-41(29-72-6)47(69)62-51(24-32-11-15-35(53)16-12-32)19-8-20-64(30-51)48(70)34(21-45(66)67)25-52(56,57)58)59-26-39-40(55)22-36(54)23-43(39)73-38-17-13-33(14-18-38)42-27-60-44(63(42)5)28-65(37-9-7-10-37)49(71)74-50(2,3)4/h11-18,22-23,27,31,34,37,41,59H,7-10,19-21,24-26,28-30H2,1-6H3,(H,61,68)(H,62,69)(H,66,67). The van der Waals surface area contributed by atoms with Crippen LogP contribution in [-0.2, 0) is 55.2 Å². The number of hydrogen-bond acceptors (Lipinski definition) is 10. The van der Waals surface area contributed by atoms with Gasteiger partial charge in [0.15, 0.2) is 0 Å². The predicted molar refractivity (Wildman–Crippen MR) is 268 cm³/mol. The van der Waals surface area contributed by atoms with E-state index in [4.69, 9.17) is 37.4 Å². The van der Waals surface area contributed by atoms with Crippen LogP contribution in [0.5, 0.6) is 11.5 Å². The fourth-order valence-corrected chi connectivity index (χ4v) is 9.30. The first-order chi connectivity index (χ1) is 34.8. The molecule has 74 heavy (non-hydrogen) atoms. The molecule has 4 amide bonds. The Morgan fingerprint density at radius 3 is 2.27 bits per heavy atom. The average molecular weight is 1080 g/mol. The molecule has 0 radical (unpaired) electrons. The van der Waals surface area contributed by atoms with Crippen LogP contribution in [0.2, 0.25) is 10.0 Å². The van der Waals surface area contributed by atoms with Gasteiger partial charge in [0.25, 0.3) is 0 Å². The summed E-state index contributed by atoms with van der Waals surface area (Å²) in [5.41, 5.74) is 0.363. The number of likely N-dealkylation sites (tertiary alicyclic amines) is 1. The molecular formula is C52H63Cl2F4N7O9. The summed E-state index contributed by atoms with van der Waals surface area (Å²) >= 11 is 12.4. The number of alkyl halides is 3. The molecule has 1 aromatic heterocycles. The minimum absolute atomic E-state index is 0.0207. The number of halogens is 6. The van der Waals surface area contributed by atoms with Gasteiger partial charge in [0, 0.05) is 61.0 Å². The van der Waals surface area contributed by atoms with Gasteiger partial charge in [-0.15, -0.1) is 0 Å². The van der Waals surface area contributed by atoms with Gasteiger partial charge < -0.3 is 44.7 Å². The van der Waals surface area contributed by atoms with Gasteiger partial charge >= 0.3 is 18.2 Å². The normalized spacial score (nSPS) is 17.4. The van der Waals surface area contributed by atoms with Crippen molar-refractivity contribution in [2.24, 2.45) is 13.0 Å². The van der Waals surface area contributed by atoms with E-state index in [1.165, 1.54) is 20.1 Å². The molecule has 4 atom stereocenters. The number of carboxylic acid groups (broad SMARTS) is 1. The Labute approximate surface area is 437 Å². The predicted octanol–water partition coefficient (Wildman–Crippen LogP) is 8.99. The van der Waals surface area contributed by atoms with Crippen molar-refractivity contribution in [2.45, 2.75) is 128 Å². The van der Waals surface area contributed by atoms with Gasteiger partial charge in [0.2, 0.25) is 17.7 Å². The zero-order chi connectivity index (χ0) is 54.1. The first-order valence-electron chi connectivity index (χ1n) is 24.3. The number of amides is 4. The third-order valence-electron chi connectivity index (χ3n) is 13.0. The van der Waals surface area contributed by atoms with E-state index < -0.39 is 77.7 Å². The second kappa shape index (κ2) is 24.6. The van der Waals surface area contributed by atoms with Crippen molar-refractivity contribution in [3.8, 4) is 22.8 Å². The van der Waals surface area contributed by atoms with Gasteiger partial charge in [-0.1, -0.05) is 35.3 Å². The van der Waals surface area contributed by atoms with E-state index in [1.54, 1.807) is 47.5 Å². The molecule has 1 aliphatic heterocycles. The maximum atomic E-state index is 15.7. The maximum absolute atomic E-state index is 15.7. The Balaban J connectivity index is 1.12. The molecule has 402 valence electrons. The number of methoxy groups -OCH3 is 1. The second-order valence-electron chi connectivity index (χ2n) is 20.0. The van der Waals surface area contributed by atoms with Crippen molar-refractivity contribution in [3.05, 3.63) is 99.7 Å². The summed E-state index contributed by atoms with van der Waals surface area (Å²) < 4.78 is 75.4. The SMILES string of the molecule is COCC(NC(=O)C(C)NCc1c(F)cc(Cl)cc1Oc1ccc(-c2cnc(CN(C(=O)OC(C)(C)C)C3CCC3)n2C)cc1)C(=O)NC1(Cc2ccc(Cl)cc2)CCCN(C(=O)C(CC(=O)O)CC(F)(F)F)C1. The van der Waals surface area contributed by atoms with Crippen molar-refractivity contribution in [1.82, 2.24) is 35.3 Å². The molecule has 4 unspecified atom stereocenters. The van der Waals surface area contributed by atoms with Crippen molar-refractivity contribution >= 4 is 53.0 Å². The molecule has 1 saturated carbocycles. The van der Waals surface area contributed by atoms with Gasteiger partial charge in [-0.3, -0.25) is 24.1 Å². The number of nitrogens with one attached hydrogen (secondary N) is 3. The van der Waals surface area contributed by atoms with E-state index in [-0.39, 0.29) is 80.5 Å².